The predicted octanol–water partition coefficient (Wildman–Crippen LogP) is 12.9. The number of hydrogen-bond donors (Lipinski definition) is 0. The van der Waals surface area contributed by atoms with E-state index in [1.807, 2.05) is 0 Å². The summed E-state index contributed by atoms with van der Waals surface area (Å²) in [6.45, 7) is 4.68. The zero-order valence-electron chi connectivity index (χ0n) is 28.6. The molecule has 1 heterocycles. The number of nitrogens with zero attached hydrogens (tertiary/aromatic N) is 2. The third kappa shape index (κ3) is 4.57. The molecule has 0 bridgehead atoms. The molecule has 240 valence electrons. The van der Waals surface area contributed by atoms with Gasteiger partial charge >= 0.3 is 0 Å². The van der Waals surface area contributed by atoms with Crippen molar-refractivity contribution in [1.29, 1.82) is 0 Å². The van der Waals surface area contributed by atoms with Crippen molar-refractivity contribution in [3.8, 4) is 56.0 Å². The van der Waals surface area contributed by atoms with Gasteiger partial charge < -0.3 is 0 Å². The van der Waals surface area contributed by atoms with E-state index in [9.17, 15) is 0 Å². The molecule has 9 aromatic rings. The van der Waals surface area contributed by atoms with Crippen LogP contribution in [0, 0.1) is 0 Å². The second kappa shape index (κ2) is 11.3. The first kappa shape index (κ1) is 29.5. The van der Waals surface area contributed by atoms with E-state index in [1.54, 1.807) is 0 Å². The largest absolute Gasteiger partial charge is 0.231 e. The summed E-state index contributed by atoms with van der Waals surface area (Å²) in [6.07, 6.45) is 0. The second-order valence-corrected chi connectivity index (χ2v) is 14.1. The van der Waals surface area contributed by atoms with Gasteiger partial charge in [0.05, 0.1) is 11.4 Å². The molecule has 1 aromatic heterocycles. The summed E-state index contributed by atoms with van der Waals surface area (Å²) in [5, 5.41) is 7.45. The maximum absolute atomic E-state index is 5.58. The van der Waals surface area contributed by atoms with Crippen LogP contribution in [0.5, 0.6) is 0 Å². The number of rotatable bonds is 4. The van der Waals surface area contributed by atoms with E-state index < -0.39 is 0 Å². The zero-order valence-corrected chi connectivity index (χ0v) is 28.6. The Kier molecular flexibility index (Phi) is 6.56. The number of fused-ring (bicyclic) bond motifs is 9. The lowest BCUT2D eigenvalue weighted by Crippen LogP contribution is -2.18. The minimum atomic E-state index is -0.368. The van der Waals surface area contributed by atoms with Crippen molar-refractivity contribution in [2.75, 3.05) is 0 Å². The molecule has 0 fully saturated rings. The van der Waals surface area contributed by atoms with Crippen LogP contribution in [0.25, 0.3) is 88.3 Å². The summed E-state index contributed by atoms with van der Waals surface area (Å²) >= 11 is 0. The van der Waals surface area contributed by atoms with Crippen LogP contribution in [0.3, 0.4) is 0 Å². The van der Waals surface area contributed by atoms with Crippen LogP contribution < -0.4 is 0 Å². The molecular formula is C49H34N2. The van der Waals surface area contributed by atoms with Gasteiger partial charge in [-0.15, -0.1) is 0 Å². The SMILES string of the molecule is CC1(C)c2nc(-c3cccc(-c4cccc(-c5ccccc5)c4)c3)nc(-c3cccc4ccccc34)c2-c2c1c1ccccc1c1ccccc21. The van der Waals surface area contributed by atoms with E-state index in [4.69, 9.17) is 9.97 Å². The molecule has 51 heavy (non-hydrogen) atoms. The van der Waals surface area contributed by atoms with E-state index in [0.29, 0.717) is 0 Å². The van der Waals surface area contributed by atoms with Crippen molar-refractivity contribution < 1.29 is 0 Å². The van der Waals surface area contributed by atoms with Gasteiger partial charge in [-0.2, -0.15) is 0 Å². The molecule has 0 N–H and O–H groups in total. The highest BCUT2D eigenvalue weighted by Gasteiger charge is 2.42. The third-order valence-electron chi connectivity index (χ3n) is 10.8. The molecule has 0 saturated heterocycles. The summed E-state index contributed by atoms with van der Waals surface area (Å²) < 4.78 is 0. The molecule has 0 radical (unpaired) electrons. The molecule has 2 nitrogen and oxygen atoms in total. The third-order valence-corrected chi connectivity index (χ3v) is 10.8. The van der Waals surface area contributed by atoms with Gasteiger partial charge in [-0.25, -0.2) is 9.97 Å². The monoisotopic (exact) mass is 650 g/mol. The lowest BCUT2D eigenvalue weighted by molar-refractivity contribution is 0.641. The van der Waals surface area contributed by atoms with Crippen LogP contribution >= 0.6 is 0 Å². The Morgan fingerprint density at radius 2 is 0.902 bits per heavy atom. The summed E-state index contributed by atoms with van der Waals surface area (Å²) in [5.41, 5.74) is 12.2. The average molecular weight is 651 g/mol. The Bertz CT molecular complexity index is 2820. The molecule has 1 aliphatic rings. The number of benzene rings is 8. The van der Waals surface area contributed by atoms with Gasteiger partial charge in [-0.3, -0.25) is 0 Å². The van der Waals surface area contributed by atoms with Crippen molar-refractivity contribution in [2.45, 2.75) is 19.3 Å². The molecule has 1 aliphatic carbocycles. The fourth-order valence-electron chi connectivity index (χ4n) is 8.42. The molecular weight excluding hydrogens is 617 g/mol. The van der Waals surface area contributed by atoms with Crippen LogP contribution in [0.2, 0.25) is 0 Å². The minimum absolute atomic E-state index is 0.368. The van der Waals surface area contributed by atoms with Gasteiger partial charge in [0.15, 0.2) is 5.82 Å². The van der Waals surface area contributed by atoms with Gasteiger partial charge in [-0.1, -0.05) is 172 Å². The summed E-state index contributed by atoms with van der Waals surface area (Å²) in [7, 11) is 0. The lowest BCUT2D eigenvalue weighted by atomic mass is 9.81. The Morgan fingerprint density at radius 1 is 0.392 bits per heavy atom. The summed E-state index contributed by atoms with van der Waals surface area (Å²) in [5.74, 6) is 0.743. The summed E-state index contributed by atoms with van der Waals surface area (Å²) in [6, 6.07) is 61.0. The number of aromatic nitrogens is 2. The molecule has 0 aliphatic heterocycles. The van der Waals surface area contributed by atoms with Crippen LogP contribution in [-0.2, 0) is 5.41 Å². The van der Waals surface area contributed by atoms with E-state index >= 15 is 0 Å². The Balaban J connectivity index is 1.25. The van der Waals surface area contributed by atoms with Gasteiger partial charge in [0.25, 0.3) is 0 Å². The molecule has 0 unspecified atom stereocenters. The van der Waals surface area contributed by atoms with Gasteiger partial charge in [0.1, 0.15) is 0 Å². The van der Waals surface area contributed by atoms with Crippen molar-refractivity contribution in [1.82, 2.24) is 9.97 Å². The van der Waals surface area contributed by atoms with Crippen LogP contribution in [0.4, 0.5) is 0 Å². The lowest BCUT2D eigenvalue weighted by Gasteiger charge is -2.23. The Morgan fingerprint density at radius 3 is 1.65 bits per heavy atom. The van der Waals surface area contributed by atoms with Crippen molar-refractivity contribution in [3.05, 3.63) is 181 Å². The maximum atomic E-state index is 5.58. The highest BCUT2D eigenvalue weighted by Crippen LogP contribution is 2.56. The maximum Gasteiger partial charge on any atom is 0.160 e. The molecule has 0 amide bonds. The fraction of sp³-hybridized carbons (Fsp3) is 0.0612. The van der Waals surface area contributed by atoms with E-state index in [-0.39, 0.29) is 5.41 Å². The number of hydrogen-bond acceptors (Lipinski definition) is 2. The van der Waals surface area contributed by atoms with Crippen LogP contribution in [0.15, 0.2) is 170 Å². The zero-order chi connectivity index (χ0) is 34.1. The minimum Gasteiger partial charge on any atom is -0.231 e. The topological polar surface area (TPSA) is 25.8 Å². The normalized spacial score (nSPS) is 13.1. The predicted molar refractivity (Wildman–Crippen MR) is 214 cm³/mol. The van der Waals surface area contributed by atoms with Crippen molar-refractivity contribution >= 4 is 32.3 Å². The highest BCUT2D eigenvalue weighted by atomic mass is 14.9. The summed E-state index contributed by atoms with van der Waals surface area (Å²) in [4.78, 5) is 11.1. The van der Waals surface area contributed by atoms with Crippen molar-refractivity contribution in [2.24, 2.45) is 0 Å². The fourth-order valence-corrected chi connectivity index (χ4v) is 8.42. The van der Waals surface area contributed by atoms with E-state index in [2.05, 4.69) is 184 Å². The van der Waals surface area contributed by atoms with Gasteiger partial charge in [-0.05, 0) is 77.8 Å². The van der Waals surface area contributed by atoms with Gasteiger partial charge in [0.2, 0.25) is 0 Å². The molecule has 8 aromatic carbocycles. The smallest absolute Gasteiger partial charge is 0.160 e. The molecule has 0 saturated carbocycles. The standard InChI is InChI=1S/C49H34N2/c1-49(2)45-41-27-11-9-25-39(41)38-24-8-10-26-40(38)43(45)44-46(42-28-14-18-32-17-6-7-23-37(32)42)50-48(51-47(44)49)36-22-13-21-35(30-36)34-20-12-19-33(29-34)31-15-4-3-5-16-31/h3-30H,1-2H3. The second-order valence-electron chi connectivity index (χ2n) is 14.1. The first-order valence-electron chi connectivity index (χ1n) is 17.7. The highest BCUT2D eigenvalue weighted by molar-refractivity contribution is 6.19. The molecule has 0 atom stereocenters. The van der Waals surface area contributed by atoms with Gasteiger partial charge in [0, 0.05) is 22.1 Å². The van der Waals surface area contributed by atoms with Crippen molar-refractivity contribution in [3.63, 3.8) is 0 Å². The van der Waals surface area contributed by atoms with Crippen LogP contribution in [-0.4, -0.2) is 9.97 Å². The molecule has 10 rings (SSSR count). The quantitative estimate of drug-likeness (QED) is 0.177. The Hall–Kier alpha value is -6.38. The first-order valence-corrected chi connectivity index (χ1v) is 17.7. The average Bonchev–Trinajstić information content (AvgIpc) is 3.44. The Labute approximate surface area is 297 Å². The molecule has 2 heteroatoms. The van der Waals surface area contributed by atoms with Crippen LogP contribution in [0.1, 0.15) is 25.1 Å². The van der Waals surface area contributed by atoms with E-state index in [1.165, 1.54) is 60.1 Å². The molecule has 0 spiro atoms. The first-order chi connectivity index (χ1) is 25.1. The van der Waals surface area contributed by atoms with E-state index in [0.717, 1.165) is 39.5 Å².